The lowest BCUT2D eigenvalue weighted by Gasteiger charge is -2.28. The van der Waals surface area contributed by atoms with Crippen molar-refractivity contribution in [3.05, 3.63) is 46.3 Å². The first-order chi connectivity index (χ1) is 10.6. The van der Waals surface area contributed by atoms with E-state index in [0.29, 0.717) is 5.92 Å². The number of hydrogen-bond donors (Lipinski definition) is 0. The van der Waals surface area contributed by atoms with Gasteiger partial charge in [0.05, 0.1) is 0 Å². The number of hydrogen-bond acceptors (Lipinski definition) is 3. The van der Waals surface area contributed by atoms with Crippen LogP contribution in [0.1, 0.15) is 54.1 Å². The molecule has 1 unspecified atom stereocenters. The Bertz CT molecular complexity index is 655. The van der Waals surface area contributed by atoms with Gasteiger partial charge in [-0.05, 0) is 63.6 Å². The summed E-state index contributed by atoms with van der Waals surface area (Å²) in [7, 11) is 0. The highest BCUT2D eigenvalue weighted by Crippen LogP contribution is 2.38. The fourth-order valence-corrected chi connectivity index (χ4v) is 3.84. The van der Waals surface area contributed by atoms with E-state index in [0.717, 1.165) is 38.0 Å². The van der Waals surface area contributed by atoms with Crippen molar-refractivity contribution in [1.29, 1.82) is 0 Å². The number of fused-ring (bicyclic) bond motifs is 1. The zero-order valence-corrected chi connectivity index (χ0v) is 14.1. The van der Waals surface area contributed by atoms with Crippen molar-refractivity contribution in [2.75, 3.05) is 18.0 Å². The molecule has 1 aliphatic rings. The van der Waals surface area contributed by atoms with Crippen LogP contribution in [-0.2, 0) is 12.8 Å². The lowest BCUT2D eigenvalue weighted by molar-refractivity contribution is 0.399. The second kappa shape index (κ2) is 6.15. The van der Waals surface area contributed by atoms with Gasteiger partial charge in [-0.25, -0.2) is 0 Å². The predicted molar refractivity (Wildman–Crippen MR) is 90.7 cm³/mol. The SMILES string of the molecule is CCN(CC)c1conc1C1CCc2cc(C)cc(C)c2C1. The Kier molecular flexibility index (Phi) is 4.23. The van der Waals surface area contributed by atoms with Gasteiger partial charge in [-0.15, -0.1) is 0 Å². The predicted octanol–water partition coefficient (Wildman–Crippen LogP) is 4.41. The number of anilines is 1. The summed E-state index contributed by atoms with van der Waals surface area (Å²) in [4.78, 5) is 2.34. The molecule has 0 radical (unpaired) electrons. The van der Waals surface area contributed by atoms with Crippen molar-refractivity contribution in [2.24, 2.45) is 0 Å². The van der Waals surface area contributed by atoms with Crippen LogP contribution in [0.4, 0.5) is 5.69 Å². The van der Waals surface area contributed by atoms with Crippen molar-refractivity contribution in [1.82, 2.24) is 5.16 Å². The summed E-state index contributed by atoms with van der Waals surface area (Å²) in [6, 6.07) is 4.65. The Balaban J connectivity index is 1.91. The summed E-state index contributed by atoms with van der Waals surface area (Å²) in [5.74, 6) is 0.475. The average molecular weight is 298 g/mol. The second-order valence-corrected chi connectivity index (χ2v) is 6.42. The minimum absolute atomic E-state index is 0.475. The normalized spacial score (nSPS) is 17.4. The van der Waals surface area contributed by atoms with Crippen LogP contribution < -0.4 is 4.90 Å². The Morgan fingerprint density at radius 1 is 1.23 bits per heavy atom. The first kappa shape index (κ1) is 15.1. The first-order valence-corrected chi connectivity index (χ1v) is 8.42. The Hall–Kier alpha value is -1.77. The highest BCUT2D eigenvalue weighted by Gasteiger charge is 2.27. The van der Waals surface area contributed by atoms with Gasteiger partial charge in [-0.2, -0.15) is 0 Å². The van der Waals surface area contributed by atoms with E-state index in [1.165, 1.54) is 27.9 Å². The van der Waals surface area contributed by atoms with Gasteiger partial charge in [-0.3, -0.25) is 0 Å². The number of rotatable bonds is 4. The molecule has 0 bridgehead atoms. The topological polar surface area (TPSA) is 29.3 Å². The fraction of sp³-hybridized carbons (Fsp3) is 0.526. The van der Waals surface area contributed by atoms with Gasteiger partial charge in [0, 0.05) is 19.0 Å². The largest absolute Gasteiger partial charge is 0.368 e. The molecule has 1 aliphatic carbocycles. The maximum atomic E-state index is 5.33. The van der Waals surface area contributed by atoms with Crippen molar-refractivity contribution in [3.63, 3.8) is 0 Å². The van der Waals surface area contributed by atoms with Crippen LogP contribution in [-0.4, -0.2) is 18.2 Å². The van der Waals surface area contributed by atoms with E-state index in [9.17, 15) is 0 Å². The molecule has 1 atom stereocenters. The highest BCUT2D eigenvalue weighted by atomic mass is 16.5. The van der Waals surface area contributed by atoms with Crippen molar-refractivity contribution in [3.8, 4) is 0 Å². The van der Waals surface area contributed by atoms with Crippen LogP contribution >= 0.6 is 0 Å². The van der Waals surface area contributed by atoms with Crippen LogP contribution in [0.5, 0.6) is 0 Å². The van der Waals surface area contributed by atoms with Crippen LogP contribution in [0.25, 0.3) is 0 Å². The zero-order valence-electron chi connectivity index (χ0n) is 14.1. The molecule has 1 heterocycles. The van der Waals surface area contributed by atoms with Gasteiger partial charge in [-0.1, -0.05) is 22.9 Å². The van der Waals surface area contributed by atoms with Gasteiger partial charge in [0.25, 0.3) is 0 Å². The quantitative estimate of drug-likeness (QED) is 0.837. The molecule has 0 saturated carbocycles. The number of benzene rings is 1. The number of aryl methyl sites for hydroxylation is 3. The molecule has 3 heteroatoms. The molecule has 2 aromatic rings. The molecule has 0 aliphatic heterocycles. The van der Waals surface area contributed by atoms with E-state index in [1.807, 2.05) is 6.26 Å². The number of nitrogens with zero attached hydrogens (tertiary/aromatic N) is 2. The molecular weight excluding hydrogens is 272 g/mol. The molecule has 3 rings (SSSR count). The lowest BCUT2D eigenvalue weighted by Crippen LogP contribution is -2.24. The van der Waals surface area contributed by atoms with E-state index in [4.69, 9.17) is 4.52 Å². The first-order valence-electron chi connectivity index (χ1n) is 8.42. The van der Waals surface area contributed by atoms with Gasteiger partial charge >= 0.3 is 0 Å². The van der Waals surface area contributed by atoms with Crippen molar-refractivity contribution >= 4 is 5.69 Å². The maximum absolute atomic E-state index is 5.33. The third-order valence-corrected chi connectivity index (χ3v) is 4.99. The minimum atomic E-state index is 0.475. The monoisotopic (exact) mass is 298 g/mol. The van der Waals surface area contributed by atoms with E-state index >= 15 is 0 Å². The summed E-state index contributed by atoms with van der Waals surface area (Å²) in [5.41, 5.74) is 8.18. The zero-order chi connectivity index (χ0) is 15.7. The summed E-state index contributed by atoms with van der Waals surface area (Å²) >= 11 is 0. The molecule has 3 nitrogen and oxygen atoms in total. The molecule has 22 heavy (non-hydrogen) atoms. The highest BCUT2D eigenvalue weighted by molar-refractivity contribution is 5.51. The molecule has 0 spiro atoms. The average Bonchev–Trinajstić information content (AvgIpc) is 2.97. The molecule has 1 aromatic carbocycles. The third-order valence-electron chi connectivity index (χ3n) is 4.99. The lowest BCUT2D eigenvalue weighted by atomic mass is 9.79. The summed E-state index contributed by atoms with van der Waals surface area (Å²) in [6.07, 6.45) is 5.21. The Morgan fingerprint density at radius 3 is 2.73 bits per heavy atom. The van der Waals surface area contributed by atoms with Crippen LogP contribution in [0.2, 0.25) is 0 Å². The van der Waals surface area contributed by atoms with E-state index < -0.39 is 0 Å². The third kappa shape index (κ3) is 2.65. The Labute approximate surface area is 133 Å². The second-order valence-electron chi connectivity index (χ2n) is 6.42. The summed E-state index contributed by atoms with van der Waals surface area (Å²) in [5, 5.41) is 4.36. The Morgan fingerprint density at radius 2 is 2.00 bits per heavy atom. The number of aromatic nitrogens is 1. The smallest absolute Gasteiger partial charge is 0.147 e. The van der Waals surface area contributed by atoms with Gasteiger partial charge in [0.1, 0.15) is 17.6 Å². The van der Waals surface area contributed by atoms with E-state index in [2.05, 4.69) is 49.9 Å². The molecule has 0 amide bonds. The van der Waals surface area contributed by atoms with Crippen LogP contribution in [0.3, 0.4) is 0 Å². The van der Waals surface area contributed by atoms with Gasteiger partial charge < -0.3 is 9.42 Å². The maximum Gasteiger partial charge on any atom is 0.147 e. The van der Waals surface area contributed by atoms with E-state index in [-0.39, 0.29) is 0 Å². The van der Waals surface area contributed by atoms with Crippen molar-refractivity contribution < 1.29 is 4.52 Å². The molecule has 0 N–H and O–H groups in total. The summed E-state index contributed by atoms with van der Waals surface area (Å²) in [6.45, 7) is 10.8. The van der Waals surface area contributed by atoms with Gasteiger partial charge in [0.15, 0.2) is 0 Å². The van der Waals surface area contributed by atoms with Crippen LogP contribution in [0.15, 0.2) is 22.9 Å². The summed E-state index contributed by atoms with van der Waals surface area (Å²) < 4.78 is 5.33. The molecule has 0 fully saturated rings. The minimum Gasteiger partial charge on any atom is -0.368 e. The standard InChI is InChI=1S/C19H26N2O/c1-5-21(6-2)18-12-22-20-19(18)16-8-7-15-10-13(3)9-14(4)17(15)11-16/h9-10,12,16H,5-8,11H2,1-4H3. The van der Waals surface area contributed by atoms with Gasteiger partial charge in [0.2, 0.25) is 0 Å². The molecule has 118 valence electrons. The van der Waals surface area contributed by atoms with Crippen molar-refractivity contribution in [2.45, 2.75) is 52.9 Å². The molecule has 1 aromatic heterocycles. The molecule has 0 saturated heterocycles. The van der Waals surface area contributed by atoms with Crippen LogP contribution in [0, 0.1) is 13.8 Å². The molecular formula is C19H26N2O. The van der Waals surface area contributed by atoms with E-state index in [1.54, 1.807) is 0 Å². The fourth-order valence-electron chi connectivity index (χ4n) is 3.84.